The lowest BCUT2D eigenvalue weighted by Crippen LogP contribution is -2.48. The minimum absolute atomic E-state index is 0.0231. The Balaban J connectivity index is 1.56. The molecule has 3 rings (SSSR count). The predicted molar refractivity (Wildman–Crippen MR) is 95.7 cm³/mol. The molecule has 1 amide bonds. The van der Waals surface area contributed by atoms with E-state index in [1.807, 2.05) is 29.2 Å². The molecule has 0 bridgehead atoms. The topological polar surface area (TPSA) is 23.6 Å². The fraction of sp³-hybridized carbons (Fsp3) is 0.211. The molecule has 1 heterocycles. The third kappa shape index (κ3) is 4.15. The van der Waals surface area contributed by atoms with Crippen LogP contribution in [0.4, 0.5) is 10.1 Å². The quantitative estimate of drug-likeness (QED) is 0.790. The van der Waals surface area contributed by atoms with Crippen molar-refractivity contribution in [1.29, 1.82) is 0 Å². The molecule has 0 aromatic heterocycles. The van der Waals surface area contributed by atoms with Gasteiger partial charge in [0.1, 0.15) is 5.82 Å². The van der Waals surface area contributed by atoms with Crippen molar-refractivity contribution < 1.29 is 9.18 Å². The second-order valence-electron chi connectivity index (χ2n) is 5.68. The summed E-state index contributed by atoms with van der Waals surface area (Å²) in [5.74, 6) is -0.305. The zero-order chi connectivity index (χ0) is 16.9. The summed E-state index contributed by atoms with van der Waals surface area (Å²) in [6, 6.07) is 13.8. The fourth-order valence-corrected chi connectivity index (χ4v) is 2.89. The smallest absolute Gasteiger partial charge is 0.246 e. The molecular formula is C19H18ClFN2O. The molecule has 124 valence electrons. The first kappa shape index (κ1) is 16.5. The van der Waals surface area contributed by atoms with Crippen molar-refractivity contribution >= 4 is 29.3 Å². The van der Waals surface area contributed by atoms with Crippen LogP contribution in [-0.2, 0) is 4.79 Å². The molecular weight excluding hydrogens is 327 g/mol. The van der Waals surface area contributed by atoms with Gasteiger partial charge in [0.05, 0.1) is 0 Å². The number of piperazine rings is 1. The summed E-state index contributed by atoms with van der Waals surface area (Å²) >= 11 is 6.03. The summed E-state index contributed by atoms with van der Waals surface area (Å²) in [5, 5.41) is 0.716. The summed E-state index contributed by atoms with van der Waals surface area (Å²) in [6.45, 7) is 2.88. The number of benzene rings is 2. The van der Waals surface area contributed by atoms with Gasteiger partial charge in [0.2, 0.25) is 5.91 Å². The number of hydrogen-bond acceptors (Lipinski definition) is 2. The molecule has 0 N–H and O–H groups in total. The van der Waals surface area contributed by atoms with E-state index in [9.17, 15) is 9.18 Å². The lowest BCUT2D eigenvalue weighted by atomic mass is 10.2. The molecule has 1 aliphatic rings. The molecule has 0 aliphatic carbocycles. The molecule has 2 aromatic rings. The van der Waals surface area contributed by atoms with Crippen molar-refractivity contribution in [2.45, 2.75) is 0 Å². The van der Waals surface area contributed by atoms with Gasteiger partial charge in [-0.25, -0.2) is 4.39 Å². The largest absolute Gasteiger partial charge is 0.368 e. The van der Waals surface area contributed by atoms with E-state index >= 15 is 0 Å². The van der Waals surface area contributed by atoms with Crippen molar-refractivity contribution in [1.82, 2.24) is 4.90 Å². The summed E-state index contributed by atoms with van der Waals surface area (Å²) in [4.78, 5) is 16.3. The first-order chi connectivity index (χ1) is 11.6. The molecule has 1 saturated heterocycles. The highest BCUT2D eigenvalue weighted by atomic mass is 35.5. The first-order valence-corrected chi connectivity index (χ1v) is 8.23. The summed E-state index contributed by atoms with van der Waals surface area (Å²) < 4.78 is 12.9. The fourth-order valence-electron chi connectivity index (χ4n) is 2.70. The van der Waals surface area contributed by atoms with Crippen LogP contribution in [0.1, 0.15) is 5.56 Å². The number of carbonyl (C=O) groups is 1. The number of halogens is 2. The van der Waals surface area contributed by atoms with Crippen LogP contribution in [0, 0.1) is 5.82 Å². The molecule has 24 heavy (non-hydrogen) atoms. The van der Waals surface area contributed by atoms with Crippen LogP contribution in [0.25, 0.3) is 6.08 Å². The molecule has 1 fully saturated rings. The lowest BCUT2D eigenvalue weighted by molar-refractivity contribution is -0.126. The maximum Gasteiger partial charge on any atom is 0.246 e. The van der Waals surface area contributed by atoms with Gasteiger partial charge in [0, 0.05) is 43.0 Å². The Hall–Kier alpha value is -2.33. The molecule has 0 spiro atoms. The van der Waals surface area contributed by atoms with E-state index in [4.69, 9.17) is 11.6 Å². The lowest BCUT2D eigenvalue weighted by Gasteiger charge is -2.35. The zero-order valence-electron chi connectivity index (χ0n) is 13.2. The van der Waals surface area contributed by atoms with Crippen molar-refractivity contribution in [3.8, 4) is 0 Å². The normalized spacial score (nSPS) is 15.1. The highest BCUT2D eigenvalue weighted by Gasteiger charge is 2.19. The van der Waals surface area contributed by atoms with Crippen LogP contribution in [0.15, 0.2) is 54.6 Å². The van der Waals surface area contributed by atoms with Gasteiger partial charge in [-0.2, -0.15) is 0 Å². The van der Waals surface area contributed by atoms with Gasteiger partial charge in [-0.3, -0.25) is 4.79 Å². The Kier molecular flexibility index (Phi) is 5.16. The van der Waals surface area contributed by atoms with Gasteiger partial charge in [-0.05, 0) is 42.0 Å². The molecule has 2 aromatic carbocycles. The highest BCUT2D eigenvalue weighted by Crippen LogP contribution is 2.20. The summed E-state index contributed by atoms with van der Waals surface area (Å²) in [7, 11) is 0. The van der Waals surface area contributed by atoms with Crippen LogP contribution in [-0.4, -0.2) is 37.0 Å². The van der Waals surface area contributed by atoms with Crippen LogP contribution in [0.2, 0.25) is 5.02 Å². The third-order valence-corrected chi connectivity index (χ3v) is 4.29. The van der Waals surface area contributed by atoms with E-state index in [1.54, 1.807) is 24.3 Å². The molecule has 1 aliphatic heterocycles. The number of hydrogen-bond donors (Lipinski definition) is 0. The molecule has 0 atom stereocenters. The standard InChI is InChI=1S/C19H18ClFN2O/c20-16-2-1-3-18(14-16)22-10-12-23(13-11-22)19(24)9-6-15-4-7-17(21)8-5-15/h1-9,14H,10-13H2. The molecule has 0 radical (unpaired) electrons. The Morgan fingerprint density at radius 3 is 2.42 bits per heavy atom. The minimum atomic E-state index is -0.282. The van der Waals surface area contributed by atoms with Crippen LogP contribution < -0.4 is 4.90 Å². The second kappa shape index (κ2) is 7.49. The van der Waals surface area contributed by atoms with Crippen LogP contribution in [0.5, 0.6) is 0 Å². The van der Waals surface area contributed by atoms with E-state index in [0.29, 0.717) is 18.1 Å². The average Bonchev–Trinajstić information content (AvgIpc) is 2.61. The van der Waals surface area contributed by atoms with Crippen molar-refractivity contribution in [3.63, 3.8) is 0 Å². The van der Waals surface area contributed by atoms with E-state index in [1.165, 1.54) is 12.1 Å². The van der Waals surface area contributed by atoms with Crippen molar-refractivity contribution in [3.05, 3.63) is 71.0 Å². The zero-order valence-corrected chi connectivity index (χ0v) is 13.9. The van der Waals surface area contributed by atoms with E-state index in [-0.39, 0.29) is 11.7 Å². The van der Waals surface area contributed by atoms with Crippen molar-refractivity contribution in [2.24, 2.45) is 0 Å². The summed E-state index contributed by atoms with van der Waals surface area (Å²) in [5.41, 5.74) is 1.89. The van der Waals surface area contributed by atoms with Gasteiger partial charge in [0.25, 0.3) is 0 Å². The maximum absolute atomic E-state index is 12.9. The number of anilines is 1. The third-order valence-electron chi connectivity index (χ3n) is 4.05. The maximum atomic E-state index is 12.9. The number of carbonyl (C=O) groups excluding carboxylic acids is 1. The SMILES string of the molecule is O=C(C=Cc1ccc(F)cc1)N1CCN(c2cccc(Cl)c2)CC1. The average molecular weight is 345 g/mol. The van der Waals surface area contributed by atoms with Crippen LogP contribution >= 0.6 is 11.6 Å². The molecule has 0 saturated carbocycles. The summed E-state index contributed by atoms with van der Waals surface area (Å²) in [6.07, 6.45) is 3.26. The molecule has 5 heteroatoms. The molecule has 0 unspecified atom stereocenters. The molecule has 3 nitrogen and oxygen atoms in total. The minimum Gasteiger partial charge on any atom is -0.368 e. The Morgan fingerprint density at radius 1 is 1.04 bits per heavy atom. The van der Waals surface area contributed by atoms with Gasteiger partial charge < -0.3 is 9.80 Å². The Bertz CT molecular complexity index is 737. The van der Waals surface area contributed by atoms with E-state index in [0.717, 1.165) is 24.3 Å². The number of amides is 1. The Morgan fingerprint density at radius 2 is 1.75 bits per heavy atom. The van der Waals surface area contributed by atoms with Gasteiger partial charge in [0.15, 0.2) is 0 Å². The number of nitrogens with zero attached hydrogens (tertiary/aromatic N) is 2. The van der Waals surface area contributed by atoms with E-state index < -0.39 is 0 Å². The van der Waals surface area contributed by atoms with Gasteiger partial charge in [-0.1, -0.05) is 29.8 Å². The van der Waals surface area contributed by atoms with Gasteiger partial charge >= 0.3 is 0 Å². The number of rotatable bonds is 3. The van der Waals surface area contributed by atoms with Gasteiger partial charge in [-0.15, -0.1) is 0 Å². The first-order valence-electron chi connectivity index (χ1n) is 7.85. The Labute approximate surface area is 145 Å². The highest BCUT2D eigenvalue weighted by molar-refractivity contribution is 6.30. The monoisotopic (exact) mass is 344 g/mol. The van der Waals surface area contributed by atoms with E-state index in [2.05, 4.69) is 4.90 Å². The second-order valence-corrected chi connectivity index (χ2v) is 6.11. The van der Waals surface area contributed by atoms with Crippen LogP contribution in [0.3, 0.4) is 0 Å². The van der Waals surface area contributed by atoms with Crippen molar-refractivity contribution in [2.75, 3.05) is 31.1 Å². The predicted octanol–water partition coefficient (Wildman–Crippen LogP) is 3.84.